The Hall–Kier alpha value is -1.63. The van der Waals surface area contributed by atoms with Crippen molar-refractivity contribution in [1.82, 2.24) is 0 Å². The van der Waals surface area contributed by atoms with Crippen LogP contribution in [0.3, 0.4) is 0 Å². The van der Waals surface area contributed by atoms with Gasteiger partial charge >= 0.3 is 4.99 Å². The number of nitrogens with zero attached hydrogens (tertiary/aromatic N) is 4. The van der Waals surface area contributed by atoms with Crippen LogP contribution in [0.15, 0.2) is 49.6 Å². The van der Waals surface area contributed by atoms with Gasteiger partial charge in [-0.3, -0.25) is 0 Å². The third kappa shape index (κ3) is 1.81. The summed E-state index contributed by atoms with van der Waals surface area (Å²) in [6, 6.07) is 6.73. The van der Waals surface area contributed by atoms with Crippen LogP contribution in [0.25, 0.3) is 0 Å². The lowest BCUT2D eigenvalue weighted by atomic mass is 9.75. The Labute approximate surface area is 130 Å². The molecule has 118 valence electrons. The van der Waals surface area contributed by atoms with Gasteiger partial charge in [0, 0.05) is 0 Å². The van der Waals surface area contributed by atoms with E-state index in [4.69, 9.17) is 0 Å². The van der Waals surface area contributed by atoms with Crippen molar-refractivity contribution in [3.05, 3.63) is 29.8 Å². The maximum atomic E-state index is 13.2. The van der Waals surface area contributed by atoms with Crippen molar-refractivity contribution in [1.29, 1.82) is 0 Å². The summed E-state index contributed by atoms with van der Waals surface area (Å²) in [4.78, 5) is -1.44. The van der Waals surface area contributed by atoms with Crippen LogP contribution in [0.4, 0.5) is 0 Å². The molecule has 2 aliphatic heterocycles. The van der Waals surface area contributed by atoms with E-state index in [1.807, 2.05) is 34.6 Å². The minimum Gasteiger partial charge on any atom is -0.219 e. The molecule has 6 nitrogen and oxygen atoms in total. The van der Waals surface area contributed by atoms with Crippen LogP contribution < -0.4 is 0 Å². The van der Waals surface area contributed by atoms with Crippen molar-refractivity contribution < 1.29 is 8.42 Å². The van der Waals surface area contributed by atoms with Crippen LogP contribution in [0.2, 0.25) is 0 Å². The second-order valence-corrected chi connectivity index (χ2v) is 9.19. The first-order chi connectivity index (χ1) is 10.0. The second-order valence-electron chi connectivity index (χ2n) is 7.12. The molecule has 2 aliphatic rings. The Morgan fingerprint density at radius 3 is 1.77 bits per heavy atom. The fraction of sp³-hybridized carbons (Fsp3) is 0.600. The monoisotopic (exact) mass is 320 g/mol. The maximum absolute atomic E-state index is 13.2. The summed E-state index contributed by atoms with van der Waals surface area (Å²) in [6.07, 6.45) is 0. The number of hydrogen-bond donors (Lipinski definition) is 0. The molecule has 22 heavy (non-hydrogen) atoms. The van der Waals surface area contributed by atoms with Crippen LogP contribution in [-0.4, -0.2) is 24.5 Å². The fourth-order valence-electron chi connectivity index (χ4n) is 3.59. The average molecular weight is 320 g/mol. The highest BCUT2D eigenvalue weighted by molar-refractivity contribution is 7.92. The van der Waals surface area contributed by atoms with Crippen LogP contribution in [0.1, 0.15) is 33.3 Å². The normalized spacial score (nSPS) is 31.4. The Morgan fingerprint density at radius 1 is 0.864 bits per heavy atom. The number of benzene rings is 1. The van der Waals surface area contributed by atoms with E-state index in [0.717, 1.165) is 5.56 Å². The standard InChI is InChI=1S/C15H20N4O2S/c1-10-6-8-11(9-7-10)22(20,21)15-12(13(2,3)16-18-15)14(4,5)17-19-15/h6-9,12H,1-5H3. The maximum Gasteiger partial charge on any atom is 0.300 e. The predicted molar refractivity (Wildman–Crippen MR) is 82.5 cm³/mol. The third-order valence-corrected chi connectivity index (χ3v) is 6.50. The Bertz CT molecular complexity index is 750. The van der Waals surface area contributed by atoms with Gasteiger partial charge in [0.25, 0.3) is 0 Å². The van der Waals surface area contributed by atoms with Gasteiger partial charge in [-0.05, 0) is 46.8 Å². The van der Waals surface area contributed by atoms with Crippen molar-refractivity contribution in [3.8, 4) is 0 Å². The Morgan fingerprint density at radius 2 is 1.32 bits per heavy atom. The summed E-state index contributed by atoms with van der Waals surface area (Å²) < 4.78 is 26.4. The van der Waals surface area contributed by atoms with E-state index in [2.05, 4.69) is 20.5 Å². The van der Waals surface area contributed by atoms with Gasteiger partial charge in [0.05, 0.1) is 21.9 Å². The molecule has 0 N–H and O–H groups in total. The number of fused-ring (bicyclic) bond motifs is 1. The van der Waals surface area contributed by atoms with Gasteiger partial charge in [0.2, 0.25) is 9.84 Å². The lowest BCUT2D eigenvalue weighted by Gasteiger charge is -2.34. The summed E-state index contributed by atoms with van der Waals surface area (Å²) in [6.45, 7) is 9.43. The lowest BCUT2D eigenvalue weighted by Crippen LogP contribution is -2.51. The average Bonchev–Trinajstić information content (AvgIpc) is 2.86. The Balaban J connectivity index is 2.20. The minimum absolute atomic E-state index is 0.205. The molecule has 0 aliphatic carbocycles. The largest absolute Gasteiger partial charge is 0.300 e. The molecule has 0 radical (unpaired) electrons. The topological polar surface area (TPSA) is 83.6 Å². The first kappa shape index (κ1) is 15.3. The van der Waals surface area contributed by atoms with Gasteiger partial charge < -0.3 is 0 Å². The van der Waals surface area contributed by atoms with E-state index in [9.17, 15) is 8.42 Å². The molecule has 0 atom stereocenters. The number of sulfone groups is 1. The molecule has 0 aromatic heterocycles. The molecule has 3 rings (SSSR count). The van der Waals surface area contributed by atoms with Crippen LogP contribution in [0, 0.1) is 12.8 Å². The van der Waals surface area contributed by atoms with E-state index in [0.29, 0.717) is 0 Å². The van der Waals surface area contributed by atoms with E-state index in [1.54, 1.807) is 24.3 Å². The molecule has 0 amide bonds. The second kappa shape index (κ2) is 4.22. The van der Waals surface area contributed by atoms with Gasteiger partial charge in [0.15, 0.2) is 0 Å². The van der Waals surface area contributed by atoms with Crippen LogP contribution in [-0.2, 0) is 9.84 Å². The van der Waals surface area contributed by atoms with Crippen molar-refractivity contribution >= 4 is 9.84 Å². The summed E-state index contributed by atoms with van der Waals surface area (Å²) in [7, 11) is -3.82. The number of azo groups is 2. The fourth-order valence-corrected chi connectivity index (χ4v) is 5.62. The highest BCUT2D eigenvalue weighted by Crippen LogP contribution is 2.56. The van der Waals surface area contributed by atoms with Gasteiger partial charge in [-0.2, -0.15) is 10.2 Å². The quantitative estimate of drug-likeness (QED) is 0.835. The summed E-state index contributed by atoms with van der Waals surface area (Å²) in [5, 5.41) is 16.7. The summed E-state index contributed by atoms with van der Waals surface area (Å²) in [5.74, 6) is -0.432. The molecule has 0 spiro atoms. The van der Waals surface area contributed by atoms with Crippen LogP contribution >= 0.6 is 0 Å². The van der Waals surface area contributed by atoms with Gasteiger partial charge in [0.1, 0.15) is 0 Å². The van der Waals surface area contributed by atoms with Crippen molar-refractivity contribution in [2.24, 2.45) is 26.4 Å². The molecular formula is C15H20N4O2S. The molecule has 0 fully saturated rings. The van der Waals surface area contributed by atoms with E-state index in [-0.39, 0.29) is 4.90 Å². The van der Waals surface area contributed by atoms with Gasteiger partial charge in [-0.15, -0.1) is 10.2 Å². The number of aryl methyl sites for hydroxylation is 1. The van der Waals surface area contributed by atoms with Crippen LogP contribution in [0.5, 0.6) is 0 Å². The molecule has 0 bridgehead atoms. The summed E-state index contributed by atoms with van der Waals surface area (Å²) >= 11 is 0. The van der Waals surface area contributed by atoms with Crippen molar-refractivity contribution in [2.75, 3.05) is 0 Å². The van der Waals surface area contributed by atoms with E-state index >= 15 is 0 Å². The molecule has 0 saturated carbocycles. The summed E-state index contributed by atoms with van der Waals surface area (Å²) in [5.41, 5.74) is -0.273. The van der Waals surface area contributed by atoms with Crippen molar-refractivity contribution in [2.45, 2.75) is 55.6 Å². The Kier molecular flexibility index (Phi) is 2.93. The van der Waals surface area contributed by atoms with E-state index in [1.165, 1.54) is 0 Å². The molecule has 0 saturated heterocycles. The molecular weight excluding hydrogens is 300 g/mol. The predicted octanol–water partition coefficient (Wildman–Crippen LogP) is 3.53. The lowest BCUT2D eigenvalue weighted by molar-refractivity contribution is 0.232. The highest BCUT2D eigenvalue weighted by Gasteiger charge is 2.69. The third-order valence-electron chi connectivity index (χ3n) is 4.42. The first-order valence-corrected chi connectivity index (χ1v) is 8.71. The molecule has 1 aromatic rings. The van der Waals surface area contributed by atoms with Gasteiger partial charge in [-0.1, -0.05) is 17.7 Å². The zero-order valence-electron chi connectivity index (χ0n) is 13.4. The number of hydrogen-bond acceptors (Lipinski definition) is 6. The van der Waals surface area contributed by atoms with E-state index < -0.39 is 31.8 Å². The zero-order valence-corrected chi connectivity index (χ0v) is 14.2. The first-order valence-electron chi connectivity index (χ1n) is 7.22. The zero-order chi connectivity index (χ0) is 16.4. The molecule has 1 aromatic carbocycles. The SMILES string of the molecule is Cc1ccc(S(=O)(=O)C23N=NC(C)(C)C2C(C)(C)N=N3)cc1. The minimum atomic E-state index is -3.82. The number of rotatable bonds is 2. The smallest absolute Gasteiger partial charge is 0.219 e. The molecule has 2 heterocycles. The molecule has 0 unspecified atom stereocenters. The van der Waals surface area contributed by atoms with Gasteiger partial charge in [-0.25, -0.2) is 8.42 Å². The van der Waals surface area contributed by atoms with Crippen molar-refractivity contribution in [3.63, 3.8) is 0 Å². The molecule has 7 heteroatoms. The highest BCUT2D eigenvalue weighted by atomic mass is 32.2.